The lowest BCUT2D eigenvalue weighted by molar-refractivity contribution is -0.136. The van der Waals surface area contributed by atoms with Gasteiger partial charge in [-0.05, 0) is 45.6 Å². The Labute approximate surface area is 167 Å². The first-order valence-corrected chi connectivity index (χ1v) is 10.3. The minimum Gasteiger partial charge on any atom is -0.366 e. The van der Waals surface area contributed by atoms with Crippen LogP contribution in [0, 0.1) is 5.92 Å². The van der Waals surface area contributed by atoms with Crippen molar-refractivity contribution in [2.75, 3.05) is 11.9 Å². The molecule has 1 saturated carbocycles. The van der Waals surface area contributed by atoms with E-state index in [1.54, 1.807) is 4.90 Å². The number of carbonyl (C=O) groups excluding carboxylic acids is 1. The first-order chi connectivity index (χ1) is 13.8. The number of nitrogens with zero attached hydrogens (tertiary/aromatic N) is 3. The van der Waals surface area contributed by atoms with E-state index in [-0.39, 0.29) is 40.4 Å². The number of amides is 1. The second kappa shape index (κ2) is 7.50. The van der Waals surface area contributed by atoms with Crippen molar-refractivity contribution in [2.45, 2.75) is 70.6 Å². The van der Waals surface area contributed by atoms with Crippen LogP contribution in [0.15, 0.2) is 6.07 Å². The van der Waals surface area contributed by atoms with Crippen molar-refractivity contribution < 1.29 is 18.0 Å². The van der Waals surface area contributed by atoms with Crippen LogP contribution in [0.5, 0.6) is 0 Å². The Bertz CT molecular complexity index is 901. The number of alkyl halides is 3. The third-order valence-corrected chi connectivity index (χ3v) is 5.86. The van der Waals surface area contributed by atoms with Gasteiger partial charge in [0, 0.05) is 18.5 Å². The van der Waals surface area contributed by atoms with E-state index in [0.29, 0.717) is 13.0 Å². The van der Waals surface area contributed by atoms with Crippen molar-refractivity contribution in [1.82, 2.24) is 20.1 Å². The lowest BCUT2D eigenvalue weighted by Gasteiger charge is -2.27. The van der Waals surface area contributed by atoms with Crippen molar-refractivity contribution in [2.24, 2.45) is 5.92 Å². The summed E-state index contributed by atoms with van der Waals surface area (Å²) in [4.78, 5) is 19.2. The first-order valence-electron chi connectivity index (χ1n) is 10.3. The van der Waals surface area contributed by atoms with Crippen LogP contribution in [-0.4, -0.2) is 38.6 Å². The van der Waals surface area contributed by atoms with E-state index >= 15 is 0 Å². The summed E-state index contributed by atoms with van der Waals surface area (Å²) in [6.07, 6.45) is 0.660. The molecular formula is C20H26F3N5O. The summed E-state index contributed by atoms with van der Waals surface area (Å²) >= 11 is 0. The Hall–Kier alpha value is -2.32. The summed E-state index contributed by atoms with van der Waals surface area (Å²) in [5, 5.41) is 9.55. The smallest absolute Gasteiger partial charge is 0.366 e. The SMILES string of the molecule is CC(C)Nc1n[nH]c2nc([C@@H]3CCCN3C(=O)C3CCCC3)cc(C(F)(F)F)c12. The number of likely N-dealkylation sites (tertiary alicyclic amines) is 1. The maximum Gasteiger partial charge on any atom is 0.417 e. The van der Waals surface area contributed by atoms with Gasteiger partial charge in [0.25, 0.3) is 0 Å². The summed E-state index contributed by atoms with van der Waals surface area (Å²) in [5.74, 6) is 0.203. The fourth-order valence-electron chi connectivity index (χ4n) is 4.57. The number of nitrogens with one attached hydrogen (secondary N) is 2. The van der Waals surface area contributed by atoms with Crippen LogP contribution in [0.25, 0.3) is 11.0 Å². The van der Waals surface area contributed by atoms with Crippen molar-refractivity contribution in [3.8, 4) is 0 Å². The Morgan fingerprint density at radius 3 is 2.62 bits per heavy atom. The number of carbonyl (C=O) groups is 1. The second-order valence-corrected chi connectivity index (χ2v) is 8.36. The molecule has 0 radical (unpaired) electrons. The standard InChI is InChI=1S/C20H26F3N5O/c1-11(2)24-17-16-13(20(21,22)23)10-14(25-18(16)27-26-17)15-8-5-9-28(15)19(29)12-6-3-4-7-12/h10-12,15H,3-9H2,1-2H3,(H2,24,25,26,27)/t15-/m0/s1. The van der Waals surface area contributed by atoms with Gasteiger partial charge in [0.15, 0.2) is 11.5 Å². The molecule has 0 bridgehead atoms. The minimum absolute atomic E-state index is 0.00424. The van der Waals surface area contributed by atoms with E-state index in [9.17, 15) is 18.0 Å². The van der Waals surface area contributed by atoms with Gasteiger partial charge in [-0.15, -0.1) is 0 Å². The van der Waals surface area contributed by atoms with Gasteiger partial charge in [0.2, 0.25) is 5.91 Å². The Morgan fingerprint density at radius 1 is 1.24 bits per heavy atom. The molecule has 2 aromatic rings. The lowest BCUT2D eigenvalue weighted by Crippen LogP contribution is -2.35. The highest BCUT2D eigenvalue weighted by Gasteiger charge is 2.39. The van der Waals surface area contributed by atoms with Gasteiger partial charge in [0.1, 0.15) is 0 Å². The molecule has 0 unspecified atom stereocenters. The zero-order chi connectivity index (χ0) is 20.8. The fourth-order valence-corrected chi connectivity index (χ4v) is 4.57. The Kier molecular flexibility index (Phi) is 5.16. The number of hydrogen-bond acceptors (Lipinski definition) is 4. The van der Waals surface area contributed by atoms with Crippen molar-refractivity contribution in [1.29, 1.82) is 0 Å². The topological polar surface area (TPSA) is 73.9 Å². The van der Waals surface area contributed by atoms with E-state index in [4.69, 9.17) is 0 Å². The van der Waals surface area contributed by atoms with Crippen LogP contribution in [-0.2, 0) is 11.0 Å². The minimum atomic E-state index is -4.55. The maximum absolute atomic E-state index is 13.9. The lowest BCUT2D eigenvalue weighted by atomic mass is 10.0. The molecule has 3 heterocycles. The Morgan fingerprint density at radius 2 is 1.97 bits per heavy atom. The van der Waals surface area contributed by atoms with Crippen LogP contribution in [0.1, 0.15) is 69.7 Å². The molecule has 2 fully saturated rings. The molecule has 1 saturated heterocycles. The normalized spacial score (nSPS) is 20.9. The van der Waals surface area contributed by atoms with Gasteiger partial charge in [0.05, 0.1) is 22.7 Å². The molecule has 1 aliphatic heterocycles. The summed E-state index contributed by atoms with van der Waals surface area (Å²) in [6.45, 7) is 4.24. The quantitative estimate of drug-likeness (QED) is 0.771. The van der Waals surface area contributed by atoms with Gasteiger partial charge in [-0.1, -0.05) is 12.8 Å². The largest absolute Gasteiger partial charge is 0.417 e. The summed E-state index contributed by atoms with van der Waals surface area (Å²) in [5.41, 5.74) is -0.388. The van der Waals surface area contributed by atoms with E-state index in [1.807, 2.05) is 13.8 Å². The van der Waals surface area contributed by atoms with Crippen molar-refractivity contribution in [3.63, 3.8) is 0 Å². The predicted molar refractivity (Wildman–Crippen MR) is 103 cm³/mol. The monoisotopic (exact) mass is 409 g/mol. The number of anilines is 1. The summed E-state index contributed by atoms with van der Waals surface area (Å²) in [7, 11) is 0. The molecule has 29 heavy (non-hydrogen) atoms. The number of aromatic amines is 1. The molecule has 158 valence electrons. The molecular weight excluding hydrogens is 383 g/mol. The molecule has 6 nitrogen and oxygen atoms in total. The zero-order valence-corrected chi connectivity index (χ0v) is 16.6. The van der Waals surface area contributed by atoms with Gasteiger partial charge in [-0.3, -0.25) is 9.89 Å². The van der Waals surface area contributed by atoms with Gasteiger partial charge in [-0.2, -0.15) is 18.3 Å². The highest BCUT2D eigenvalue weighted by Crippen LogP contribution is 2.41. The molecule has 2 aromatic heterocycles. The number of fused-ring (bicyclic) bond motifs is 1. The summed E-state index contributed by atoms with van der Waals surface area (Å²) in [6, 6.07) is 0.615. The number of pyridine rings is 1. The molecule has 9 heteroatoms. The molecule has 1 amide bonds. The number of hydrogen-bond donors (Lipinski definition) is 2. The third-order valence-electron chi connectivity index (χ3n) is 5.86. The van der Waals surface area contributed by atoms with Crippen LogP contribution < -0.4 is 5.32 Å². The zero-order valence-electron chi connectivity index (χ0n) is 16.6. The highest BCUT2D eigenvalue weighted by atomic mass is 19.4. The second-order valence-electron chi connectivity index (χ2n) is 8.36. The van der Waals surface area contributed by atoms with Crippen molar-refractivity contribution in [3.05, 3.63) is 17.3 Å². The van der Waals surface area contributed by atoms with Gasteiger partial charge in [-0.25, -0.2) is 4.98 Å². The fraction of sp³-hybridized carbons (Fsp3) is 0.650. The molecule has 2 N–H and O–H groups in total. The summed E-state index contributed by atoms with van der Waals surface area (Å²) < 4.78 is 41.7. The molecule has 4 rings (SSSR count). The van der Waals surface area contributed by atoms with Gasteiger partial charge >= 0.3 is 6.18 Å². The van der Waals surface area contributed by atoms with E-state index < -0.39 is 17.8 Å². The van der Waals surface area contributed by atoms with Crippen LogP contribution in [0.3, 0.4) is 0 Å². The van der Waals surface area contributed by atoms with Crippen molar-refractivity contribution >= 4 is 22.8 Å². The molecule has 0 spiro atoms. The average Bonchev–Trinajstić information content (AvgIpc) is 3.40. The highest BCUT2D eigenvalue weighted by molar-refractivity contribution is 5.91. The molecule has 2 aliphatic rings. The van der Waals surface area contributed by atoms with Gasteiger partial charge < -0.3 is 10.2 Å². The predicted octanol–water partition coefficient (Wildman–Crippen LogP) is 4.65. The third kappa shape index (κ3) is 3.79. The first kappa shape index (κ1) is 20.0. The molecule has 1 atom stereocenters. The van der Waals surface area contributed by atoms with E-state index in [0.717, 1.165) is 38.2 Å². The number of rotatable bonds is 4. The average molecular weight is 409 g/mol. The van der Waals surface area contributed by atoms with Crippen LogP contribution in [0.2, 0.25) is 0 Å². The Balaban J connectivity index is 1.74. The van der Waals surface area contributed by atoms with E-state index in [1.165, 1.54) is 0 Å². The maximum atomic E-state index is 13.9. The number of H-pyrrole nitrogens is 1. The van der Waals surface area contributed by atoms with Crippen LogP contribution in [0.4, 0.5) is 19.0 Å². The molecule has 1 aliphatic carbocycles. The number of aromatic nitrogens is 3. The number of halogens is 3. The van der Waals surface area contributed by atoms with Crippen LogP contribution >= 0.6 is 0 Å². The van der Waals surface area contributed by atoms with E-state index in [2.05, 4.69) is 20.5 Å². The molecule has 0 aromatic carbocycles.